The summed E-state index contributed by atoms with van der Waals surface area (Å²) in [4.78, 5) is 14.4. The normalized spacial score (nSPS) is 17.9. The Morgan fingerprint density at radius 2 is 2.19 bits per heavy atom. The number of para-hydroxylation sites is 1. The van der Waals surface area contributed by atoms with E-state index in [4.69, 9.17) is 9.47 Å². The van der Waals surface area contributed by atoms with Crippen LogP contribution in [0.15, 0.2) is 18.2 Å². The number of hydrogen-bond donors (Lipinski definition) is 0. The molecular weight excluding hydrogens is 286 g/mol. The van der Waals surface area contributed by atoms with Crippen LogP contribution in [0, 0.1) is 0 Å². The van der Waals surface area contributed by atoms with E-state index in [0.29, 0.717) is 12.2 Å². The first-order chi connectivity index (χ1) is 10.2. The van der Waals surface area contributed by atoms with Crippen LogP contribution in [-0.4, -0.2) is 37.3 Å². The van der Waals surface area contributed by atoms with Gasteiger partial charge in [0.1, 0.15) is 5.37 Å². The van der Waals surface area contributed by atoms with Crippen LogP contribution in [0.5, 0.6) is 11.5 Å². The van der Waals surface area contributed by atoms with Gasteiger partial charge in [-0.25, -0.2) is 0 Å². The number of carbonyl (C=O) groups is 1. The maximum atomic E-state index is 12.4. The van der Waals surface area contributed by atoms with Gasteiger partial charge in [-0.1, -0.05) is 25.5 Å². The second kappa shape index (κ2) is 7.59. The summed E-state index contributed by atoms with van der Waals surface area (Å²) in [7, 11) is 3.28. The number of amides is 1. The molecule has 1 aliphatic rings. The van der Waals surface area contributed by atoms with Crippen molar-refractivity contribution in [3.63, 3.8) is 0 Å². The summed E-state index contributed by atoms with van der Waals surface area (Å²) < 4.78 is 10.9. The quantitative estimate of drug-likeness (QED) is 0.806. The van der Waals surface area contributed by atoms with Crippen LogP contribution in [0.3, 0.4) is 0 Å². The zero-order valence-electron chi connectivity index (χ0n) is 12.9. The molecule has 1 fully saturated rings. The summed E-state index contributed by atoms with van der Waals surface area (Å²) in [6.07, 6.45) is 2.61. The predicted octanol–water partition coefficient (Wildman–Crippen LogP) is 3.47. The second-order valence-electron chi connectivity index (χ2n) is 5.00. The summed E-state index contributed by atoms with van der Waals surface area (Å²) >= 11 is 1.78. The molecule has 0 N–H and O–H groups in total. The van der Waals surface area contributed by atoms with Gasteiger partial charge in [-0.05, 0) is 12.5 Å². The monoisotopic (exact) mass is 309 g/mol. The molecule has 1 heterocycles. The average molecular weight is 309 g/mol. The minimum atomic E-state index is 0.0272. The molecule has 0 radical (unpaired) electrons. The lowest BCUT2D eigenvalue weighted by Crippen LogP contribution is -2.30. The molecule has 0 aromatic heterocycles. The van der Waals surface area contributed by atoms with E-state index in [2.05, 4.69) is 6.92 Å². The summed E-state index contributed by atoms with van der Waals surface area (Å²) in [5.41, 5.74) is 1.02. The number of nitrogens with zero attached hydrogens (tertiary/aromatic N) is 1. The molecule has 1 aliphatic heterocycles. The van der Waals surface area contributed by atoms with E-state index in [9.17, 15) is 4.79 Å². The van der Waals surface area contributed by atoms with Gasteiger partial charge in [-0.3, -0.25) is 4.79 Å². The van der Waals surface area contributed by atoms with Gasteiger partial charge in [0.15, 0.2) is 11.5 Å². The Hall–Kier alpha value is -1.36. The first-order valence-corrected chi connectivity index (χ1v) is 8.39. The summed E-state index contributed by atoms with van der Waals surface area (Å²) in [5, 5.41) is 0.0272. The zero-order chi connectivity index (χ0) is 15.2. The number of benzene rings is 1. The van der Waals surface area contributed by atoms with Gasteiger partial charge in [0.05, 0.1) is 14.2 Å². The lowest BCUT2D eigenvalue weighted by Gasteiger charge is -2.26. The minimum absolute atomic E-state index is 0.0272. The molecule has 1 amide bonds. The van der Waals surface area contributed by atoms with Crippen LogP contribution in [0.25, 0.3) is 0 Å². The molecule has 0 spiro atoms. The third-order valence-corrected chi connectivity index (χ3v) is 4.90. The van der Waals surface area contributed by atoms with Crippen molar-refractivity contribution < 1.29 is 14.3 Å². The molecule has 116 valence electrons. The lowest BCUT2D eigenvalue weighted by molar-refractivity contribution is -0.131. The largest absolute Gasteiger partial charge is 0.493 e. The average Bonchev–Trinajstić information content (AvgIpc) is 3.01. The van der Waals surface area contributed by atoms with E-state index >= 15 is 0 Å². The van der Waals surface area contributed by atoms with Gasteiger partial charge in [0.25, 0.3) is 0 Å². The van der Waals surface area contributed by atoms with Crippen molar-refractivity contribution in [1.29, 1.82) is 0 Å². The van der Waals surface area contributed by atoms with E-state index in [1.54, 1.807) is 26.0 Å². The summed E-state index contributed by atoms with van der Waals surface area (Å²) in [6, 6.07) is 5.85. The Bertz CT molecular complexity index is 492. The smallest absolute Gasteiger partial charge is 0.223 e. The van der Waals surface area contributed by atoms with Crippen molar-refractivity contribution in [1.82, 2.24) is 4.90 Å². The highest BCUT2D eigenvalue weighted by atomic mass is 32.2. The topological polar surface area (TPSA) is 38.8 Å². The van der Waals surface area contributed by atoms with Crippen LogP contribution in [0.2, 0.25) is 0 Å². The molecule has 21 heavy (non-hydrogen) atoms. The van der Waals surface area contributed by atoms with Crippen molar-refractivity contribution in [2.24, 2.45) is 0 Å². The summed E-state index contributed by atoms with van der Waals surface area (Å²) in [5.74, 6) is 2.64. The number of unbranched alkanes of at least 4 members (excludes halogenated alkanes) is 1. The SMILES string of the molecule is CCCCC(=O)N1CCSC1c1cccc(OC)c1OC. The van der Waals surface area contributed by atoms with Crippen molar-refractivity contribution in [3.05, 3.63) is 23.8 Å². The van der Waals surface area contributed by atoms with Crippen LogP contribution in [0.1, 0.15) is 37.1 Å². The van der Waals surface area contributed by atoms with Crippen molar-refractivity contribution in [2.45, 2.75) is 31.6 Å². The number of hydrogen-bond acceptors (Lipinski definition) is 4. The molecule has 0 bridgehead atoms. The van der Waals surface area contributed by atoms with Crippen LogP contribution < -0.4 is 9.47 Å². The Morgan fingerprint density at radius 3 is 2.86 bits per heavy atom. The fraction of sp³-hybridized carbons (Fsp3) is 0.562. The van der Waals surface area contributed by atoms with Crippen molar-refractivity contribution in [2.75, 3.05) is 26.5 Å². The molecule has 1 aromatic carbocycles. The Labute approximate surface area is 130 Å². The predicted molar refractivity (Wildman–Crippen MR) is 86.0 cm³/mol. The van der Waals surface area contributed by atoms with Gasteiger partial charge >= 0.3 is 0 Å². The first-order valence-electron chi connectivity index (χ1n) is 7.34. The molecule has 0 aliphatic carbocycles. The number of thioether (sulfide) groups is 1. The van der Waals surface area contributed by atoms with Crippen molar-refractivity contribution in [3.8, 4) is 11.5 Å². The number of methoxy groups -OCH3 is 2. The molecule has 1 aromatic rings. The Morgan fingerprint density at radius 1 is 1.38 bits per heavy atom. The number of carbonyl (C=O) groups excluding carboxylic acids is 1. The Balaban J connectivity index is 2.25. The van der Waals surface area contributed by atoms with E-state index in [1.165, 1.54) is 0 Å². The van der Waals surface area contributed by atoms with Gasteiger partial charge in [0.2, 0.25) is 5.91 Å². The third kappa shape index (κ3) is 3.46. The lowest BCUT2D eigenvalue weighted by atomic mass is 10.1. The maximum Gasteiger partial charge on any atom is 0.223 e. The highest BCUT2D eigenvalue weighted by molar-refractivity contribution is 7.99. The number of rotatable bonds is 6. The molecule has 2 rings (SSSR count). The van der Waals surface area contributed by atoms with Gasteiger partial charge in [-0.15, -0.1) is 11.8 Å². The molecule has 1 atom stereocenters. The standard InChI is InChI=1S/C16H23NO3S/c1-4-5-9-14(18)17-10-11-21-16(17)12-7-6-8-13(19-2)15(12)20-3/h6-8,16H,4-5,9-11H2,1-3H3. The summed E-state index contributed by atoms with van der Waals surface area (Å²) in [6.45, 7) is 2.91. The van der Waals surface area contributed by atoms with E-state index in [-0.39, 0.29) is 11.3 Å². The van der Waals surface area contributed by atoms with Gasteiger partial charge < -0.3 is 14.4 Å². The Kier molecular flexibility index (Phi) is 5.79. The highest BCUT2D eigenvalue weighted by Crippen LogP contribution is 2.45. The van der Waals surface area contributed by atoms with Crippen LogP contribution in [0.4, 0.5) is 0 Å². The zero-order valence-corrected chi connectivity index (χ0v) is 13.7. The molecule has 1 unspecified atom stereocenters. The van der Waals surface area contributed by atoms with E-state index in [1.807, 2.05) is 23.1 Å². The number of ether oxygens (including phenoxy) is 2. The molecule has 1 saturated heterocycles. The second-order valence-corrected chi connectivity index (χ2v) is 6.18. The minimum Gasteiger partial charge on any atom is -0.493 e. The van der Waals surface area contributed by atoms with Crippen molar-refractivity contribution >= 4 is 17.7 Å². The first kappa shape index (κ1) is 16.0. The van der Waals surface area contributed by atoms with Crippen LogP contribution in [-0.2, 0) is 4.79 Å². The van der Waals surface area contributed by atoms with E-state index < -0.39 is 0 Å². The molecule has 4 nitrogen and oxygen atoms in total. The van der Waals surface area contributed by atoms with Gasteiger partial charge in [-0.2, -0.15) is 0 Å². The fourth-order valence-electron chi connectivity index (χ4n) is 2.56. The van der Waals surface area contributed by atoms with E-state index in [0.717, 1.165) is 36.5 Å². The van der Waals surface area contributed by atoms with Crippen LogP contribution >= 0.6 is 11.8 Å². The third-order valence-electron chi connectivity index (χ3n) is 3.65. The molecule has 0 saturated carbocycles. The highest BCUT2D eigenvalue weighted by Gasteiger charge is 2.32. The molecular formula is C16H23NO3S. The molecule has 5 heteroatoms. The van der Waals surface area contributed by atoms with Gasteiger partial charge in [0, 0.05) is 24.3 Å². The fourth-order valence-corrected chi connectivity index (χ4v) is 3.85. The maximum absolute atomic E-state index is 12.4.